The smallest absolute Gasteiger partial charge is 0.342 e. The van der Waals surface area contributed by atoms with E-state index in [1.54, 1.807) is 0 Å². The molecular formula is C39H62N12O6. The lowest BCUT2D eigenvalue weighted by Gasteiger charge is -2.15. The first kappa shape index (κ1) is 44.6. The third-order valence-corrected chi connectivity index (χ3v) is 9.87. The van der Waals surface area contributed by atoms with Gasteiger partial charge in [-0.1, -0.05) is 38.5 Å². The van der Waals surface area contributed by atoms with Gasteiger partial charge in [-0.3, -0.25) is 5.32 Å². The quantitative estimate of drug-likeness (QED) is 0.0634. The summed E-state index contributed by atoms with van der Waals surface area (Å²) in [4.78, 5) is 65.6. The van der Waals surface area contributed by atoms with Crippen LogP contribution < -0.4 is 33.0 Å². The predicted molar refractivity (Wildman–Crippen MR) is 217 cm³/mol. The highest BCUT2D eigenvalue weighted by molar-refractivity contribution is 5.76. The Labute approximate surface area is 333 Å². The molecule has 0 spiro atoms. The fourth-order valence-electron chi connectivity index (χ4n) is 6.92. The number of hydrogen-bond donors (Lipinski definition) is 4. The number of carbonyl (C=O) groups excluding carboxylic acids is 2. The van der Waals surface area contributed by atoms with Crippen molar-refractivity contribution in [2.45, 2.75) is 145 Å². The van der Waals surface area contributed by atoms with E-state index in [2.05, 4.69) is 31.2 Å². The van der Waals surface area contributed by atoms with Gasteiger partial charge in [-0.05, 0) is 105 Å². The molecule has 4 N–H and O–H groups in total. The zero-order valence-electron chi connectivity index (χ0n) is 34.6. The average molecular weight is 795 g/mol. The molecule has 1 unspecified atom stereocenters. The van der Waals surface area contributed by atoms with Gasteiger partial charge in [0.25, 0.3) is 0 Å². The number of nitrogens with zero attached hydrogens (tertiary/aromatic N) is 9. The third-order valence-electron chi connectivity index (χ3n) is 9.87. The Morgan fingerprint density at radius 3 is 1.23 bits per heavy atom. The molecule has 4 aromatic heterocycles. The van der Waals surface area contributed by atoms with E-state index < -0.39 is 23.4 Å². The van der Waals surface area contributed by atoms with Crippen LogP contribution in [0.15, 0.2) is 32.6 Å². The second kappa shape index (κ2) is 22.0. The maximum absolute atomic E-state index is 13.6. The van der Waals surface area contributed by atoms with Gasteiger partial charge in [0.1, 0.15) is 0 Å². The van der Waals surface area contributed by atoms with Gasteiger partial charge in [0, 0.05) is 49.8 Å². The SMILES string of the molecule is Cc1cc(C)n(C(=O)NCCCCCCn2c(=O)n(CCCCCCNC(=O)n3nc(C)cc3C)c(=O)n(CCCCCCNC(O)n3nc(C)cc3C)c2=O)n1. The summed E-state index contributed by atoms with van der Waals surface area (Å²) < 4.78 is 7.80. The van der Waals surface area contributed by atoms with Crippen LogP contribution in [0, 0.1) is 41.5 Å². The number of rotatable bonds is 23. The maximum Gasteiger partial charge on any atom is 0.342 e. The summed E-state index contributed by atoms with van der Waals surface area (Å²) in [6, 6.07) is 5.03. The number of aryl methyl sites for hydroxylation is 6. The second-order valence-electron chi connectivity index (χ2n) is 14.9. The van der Waals surface area contributed by atoms with Crippen molar-refractivity contribution in [3.8, 4) is 0 Å². The van der Waals surface area contributed by atoms with Gasteiger partial charge in [0.05, 0.1) is 17.1 Å². The van der Waals surface area contributed by atoms with Crippen molar-refractivity contribution in [3.63, 3.8) is 0 Å². The largest absolute Gasteiger partial charge is 0.359 e. The van der Waals surface area contributed by atoms with E-state index in [-0.39, 0.29) is 31.7 Å². The van der Waals surface area contributed by atoms with E-state index in [0.717, 1.165) is 92.0 Å². The van der Waals surface area contributed by atoms with Crippen molar-refractivity contribution in [2.24, 2.45) is 0 Å². The minimum absolute atomic E-state index is 0.189. The summed E-state index contributed by atoms with van der Waals surface area (Å²) in [5.74, 6) is 0. The first-order valence-corrected chi connectivity index (χ1v) is 20.3. The second-order valence-corrected chi connectivity index (χ2v) is 14.9. The van der Waals surface area contributed by atoms with Crippen LogP contribution in [0.3, 0.4) is 0 Å². The highest BCUT2D eigenvalue weighted by Crippen LogP contribution is 2.08. The molecule has 0 fully saturated rings. The first-order chi connectivity index (χ1) is 27.3. The summed E-state index contributed by atoms with van der Waals surface area (Å²) in [6.07, 6.45) is 7.67. The molecule has 0 aliphatic heterocycles. The first-order valence-electron chi connectivity index (χ1n) is 20.3. The Balaban J connectivity index is 1.27. The standard InChI is InChI=1S/C39H62N12O6/c1-28-25-31(4)49(43-28)34(52)40-19-13-7-10-16-22-46-37(55)47(23-17-11-8-14-20-41-35(53)50-32(5)26-29(2)44-50)39(57)48(38(46)56)24-18-12-9-15-21-42-36(54)51-33(6)27-30(3)45-51/h25-27,34,40,52H,7-24H2,1-6H3,(H,41,53)(H,42,54). The lowest BCUT2D eigenvalue weighted by atomic mass is 10.2. The molecule has 314 valence electrons. The summed E-state index contributed by atoms with van der Waals surface area (Å²) in [7, 11) is 0. The van der Waals surface area contributed by atoms with Gasteiger partial charge < -0.3 is 15.7 Å². The van der Waals surface area contributed by atoms with Crippen LogP contribution in [-0.4, -0.2) is 79.8 Å². The molecule has 0 saturated carbocycles. The number of aliphatic hydroxyl groups is 1. The lowest BCUT2D eigenvalue weighted by Crippen LogP contribution is -2.54. The number of carbonyl (C=O) groups is 2. The van der Waals surface area contributed by atoms with Crippen LogP contribution in [-0.2, 0) is 19.6 Å². The minimum atomic E-state index is -0.916. The Kier molecular flexibility index (Phi) is 17.2. The van der Waals surface area contributed by atoms with Crippen molar-refractivity contribution in [2.75, 3.05) is 19.6 Å². The molecule has 18 heteroatoms. The summed E-state index contributed by atoms with van der Waals surface area (Å²) in [5.41, 5.74) is 2.99. The summed E-state index contributed by atoms with van der Waals surface area (Å²) in [5, 5.41) is 31.9. The Bertz CT molecular complexity index is 1990. The van der Waals surface area contributed by atoms with Crippen LogP contribution in [0.1, 0.15) is 118 Å². The Hall–Kier alpha value is -5.10. The van der Waals surface area contributed by atoms with E-state index in [1.165, 1.54) is 27.7 Å². The Morgan fingerprint density at radius 2 is 0.877 bits per heavy atom. The van der Waals surface area contributed by atoms with Gasteiger partial charge in [0.15, 0.2) is 0 Å². The zero-order valence-corrected chi connectivity index (χ0v) is 34.6. The van der Waals surface area contributed by atoms with Crippen molar-refractivity contribution >= 4 is 12.1 Å². The van der Waals surface area contributed by atoms with Gasteiger partial charge >= 0.3 is 29.1 Å². The molecule has 1 atom stereocenters. The Morgan fingerprint density at radius 1 is 0.526 bits per heavy atom. The lowest BCUT2D eigenvalue weighted by molar-refractivity contribution is 0.0530. The van der Waals surface area contributed by atoms with E-state index >= 15 is 0 Å². The topological polar surface area (TPSA) is 210 Å². The van der Waals surface area contributed by atoms with E-state index in [4.69, 9.17) is 0 Å². The van der Waals surface area contributed by atoms with Gasteiger partial charge in [-0.2, -0.15) is 24.7 Å². The molecule has 0 aliphatic carbocycles. The number of hydrogen-bond acceptors (Lipinski definition) is 10. The number of amides is 2. The molecule has 4 heterocycles. The molecule has 4 rings (SSSR count). The normalized spacial score (nSPS) is 12.0. The van der Waals surface area contributed by atoms with Gasteiger partial charge in [0.2, 0.25) is 6.35 Å². The van der Waals surface area contributed by atoms with Crippen LogP contribution in [0.25, 0.3) is 0 Å². The van der Waals surface area contributed by atoms with Crippen molar-refractivity contribution in [1.82, 2.24) is 59.0 Å². The molecule has 0 bridgehead atoms. The van der Waals surface area contributed by atoms with Crippen LogP contribution in [0.5, 0.6) is 0 Å². The molecule has 57 heavy (non-hydrogen) atoms. The van der Waals surface area contributed by atoms with Crippen LogP contribution in [0.4, 0.5) is 9.59 Å². The van der Waals surface area contributed by atoms with E-state index in [9.17, 15) is 29.1 Å². The fourth-order valence-corrected chi connectivity index (χ4v) is 6.92. The van der Waals surface area contributed by atoms with Gasteiger partial charge in [-0.15, -0.1) is 0 Å². The summed E-state index contributed by atoms with van der Waals surface area (Å²) >= 11 is 0. The van der Waals surface area contributed by atoms with Crippen molar-refractivity contribution in [3.05, 3.63) is 83.8 Å². The minimum Gasteiger partial charge on any atom is -0.359 e. The van der Waals surface area contributed by atoms with Crippen LogP contribution in [0.2, 0.25) is 0 Å². The van der Waals surface area contributed by atoms with Crippen LogP contribution >= 0.6 is 0 Å². The number of nitrogens with one attached hydrogen (secondary N) is 3. The maximum atomic E-state index is 13.6. The molecule has 18 nitrogen and oxygen atoms in total. The molecular weight excluding hydrogens is 733 g/mol. The van der Waals surface area contributed by atoms with E-state index in [1.807, 2.05) is 59.7 Å². The highest BCUT2D eigenvalue weighted by atomic mass is 16.3. The summed E-state index contributed by atoms with van der Waals surface area (Å²) in [6.45, 7) is 13.2. The predicted octanol–water partition coefficient (Wildman–Crippen LogP) is 3.55. The zero-order chi connectivity index (χ0) is 41.5. The number of aliphatic hydroxyl groups excluding tert-OH is 1. The molecule has 0 aliphatic rings. The number of aromatic nitrogens is 9. The third kappa shape index (κ3) is 13.0. The molecule has 0 aromatic carbocycles. The highest BCUT2D eigenvalue weighted by Gasteiger charge is 2.16. The fraction of sp³-hybridized carbons (Fsp3) is 0.641. The average Bonchev–Trinajstić information content (AvgIpc) is 3.82. The number of unbranched alkanes of at least 4 members (excludes halogenated alkanes) is 9. The molecule has 2 amide bonds. The van der Waals surface area contributed by atoms with Crippen molar-refractivity contribution < 1.29 is 14.7 Å². The molecule has 0 saturated heterocycles. The molecule has 0 radical (unpaired) electrons. The van der Waals surface area contributed by atoms with E-state index in [0.29, 0.717) is 38.9 Å². The monoisotopic (exact) mass is 794 g/mol. The molecule has 4 aromatic rings. The van der Waals surface area contributed by atoms with Crippen molar-refractivity contribution in [1.29, 1.82) is 0 Å². The van der Waals surface area contributed by atoms with Gasteiger partial charge in [-0.25, -0.2) is 42.4 Å².